The molecule has 1 aliphatic rings. The van der Waals surface area contributed by atoms with E-state index in [1.54, 1.807) is 6.07 Å². The maximum atomic E-state index is 11.9. The van der Waals surface area contributed by atoms with Crippen molar-refractivity contribution in [1.29, 1.82) is 0 Å². The number of likely N-dealkylation sites (tertiary alicyclic amines) is 1. The monoisotopic (exact) mass is 384 g/mol. The van der Waals surface area contributed by atoms with Crippen LogP contribution in [0, 0.1) is 12.8 Å². The number of nitrogens with zero attached hydrogens (tertiary/aromatic N) is 5. The number of aliphatic imine (C=N–C) groups is 1. The van der Waals surface area contributed by atoms with Gasteiger partial charge in [0.25, 0.3) is 5.56 Å². The molecular weight excluding hydrogens is 352 g/mol. The standard InChI is InChI=1S/C21H32N6O/c1-17-9-13-25(15-19(17)26-14-11-23-16-26)21(22-3)24-10-4-5-12-27-18(2)7-6-8-20(27)28/h6-8,11,14,16-17,19H,4-5,9-10,12-13,15H2,1-3H3,(H,22,24). The van der Waals surface area contributed by atoms with Crippen LogP contribution in [-0.2, 0) is 6.54 Å². The second kappa shape index (κ2) is 9.57. The van der Waals surface area contributed by atoms with Crippen LogP contribution >= 0.6 is 0 Å². The smallest absolute Gasteiger partial charge is 0.250 e. The molecule has 7 nitrogen and oxygen atoms in total. The molecule has 2 unspecified atom stereocenters. The fraction of sp³-hybridized carbons (Fsp3) is 0.571. The highest BCUT2D eigenvalue weighted by atomic mass is 16.1. The first kappa shape index (κ1) is 20.2. The minimum absolute atomic E-state index is 0.0803. The number of guanidine groups is 1. The quantitative estimate of drug-likeness (QED) is 0.471. The lowest BCUT2D eigenvalue weighted by molar-refractivity contribution is 0.189. The molecule has 0 amide bonds. The van der Waals surface area contributed by atoms with Gasteiger partial charge in [0.05, 0.1) is 12.4 Å². The Kier molecular flexibility index (Phi) is 6.90. The van der Waals surface area contributed by atoms with Gasteiger partial charge >= 0.3 is 0 Å². The third-order valence-corrected chi connectivity index (χ3v) is 5.70. The highest BCUT2D eigenvalue weighted by molar-refractivity contribution is 5.80. The summed E-state index contributed by atoms with van der Waals surface area (Å²) in [5.41, 5.74) is 1.10. The summed E-state index contributed by atoms with van der Waals surface area (Å²) < 4.78 is 4.06. The third kappa shape index (κ3) is 4.82. The van der Waals surface area contributed by atoms with E-state index < -0.39 is 0 Å². The Balaban J connectivity index is 1.47. The van der Waals surface area contributed by atoms with Gasteiger partial charge in [0.2, 0.25) is 0 Å². The molecule has 0 radical (unpaired) electrons. The van der Waals surface area contributed by atoms with Gasteiger partial charge in [-0.05, 0) is 38.2 Å². The number of unbranched alkanes of at least 4 members (excludes halogenated alkanes) is 1. The summed E-state index contributed by atoms with van der Waals surface area (Å²) in [6.45, 7) is 7.87. The second-order valence-corrected chi connectivity index (χ2v) is 7.63. The lowest BCUT2D eigenvalue weighted by Gasteiger charge is -2.39. The van der Waals surface area contributed by atoms with Gasteiger partial charge in [-0.1, -0.05) is 13.0 Å². The zero-order chi connectivity index (χ0) is 19.9. The van der Waals surface area contributed by atoms with Gasteiger partial charge in [0, 0.05) is 57.4 Å². The molecular formula is C21H32N6O. The Morgan fingerprint density at radius 3 is 2.93 bits per heavy atom. The molecule has 0 bridgehead atoms. The van der Waals surface area contributed by atoms with Crippen molar-refractivity contribution in [2.75, 3.05) is 26.7 Å². The predicted molar refractivity (Wildman–Crippen MR) is 113 cm³/mol. The van der Waals surface area contributed by atoms with E-state index in [1.807, 2.05) is 49.4 Å². The molecule has 1 fully saturated rings. The van der Waals surface area contributed by atoms with E-state index >= 15 is 0 Å². The molecule has 7 heteroatoms. The van der Waals surface area contributed by atoms with Gasteiger partial charge in [0.15, 0.2) is 5.96 Å². The van der Waals surface area contributed by atoms with E-state index in [0.29, 0.717) is 12.0 Å². The zero-order valence-electron chi connectivity index (χ0n) is 17.2. The molecule has 3 heterocycles. The summed E-state index contributed by atoms with van der Waals surface area (Å²) >= 11 is 0. The fourth-order valence-corrected chi connectivity index (χ4v) is 3.93. The van der Waals surface area contributed by atoms with Crippen LogP contribution in [0.3, 0.4) is 0 Å². The maximum absolute atomic E-state index is 11.9. The Hall–Kier alpha value is -2.57. The van der Waals surface area contributed by atoms with Crippen LogP contribution in [0.15, 0.2) is 46.7 Å². The minimum atomic E-state index is 0.0803. The SMILES string of the molecule is CN=C(NCCCCn1c(C)cccc1=O)N1CCC(C)C(n2ccnc2)C1. The van der Waals surface area contributed by atoms with E-state index in [1.165, 1.54) is 0 Å². The summed E-state index contributed by atoms with van der Waals surface area (Å²) in [6, 6.07) is 5.84. The average molecular weight is 385 g/mol. The van der Waals surface area contributed by atoms with Gasteiger partial charge in [0.1, 0.15) is 0 Å². The first-order valence-corrected chi connectivity index (χ1v) is 10.2. The minimum Gasteiger partial charge on any atom is -0.356 e. The van der Waals surface area contributed by atoms with Gasteiger partial charge in [-0.25, -0.2) is 4.98 Å². The molecule has 0 spiro atoms. The highest BCUT2D eigenvalue weighted by Gasteiger charge is 2.28. The molecule has 0 aromatic carbocycles. The van der Waals surface area contributed by atoms with Crippen LogP contribution in [0.25, 0.3) is 0 Å². The van der Waals surface area contributed by atoms with Crippen LogP contribution in [0.1, 0.15) is 37.9 Å². The summed E-state index contributed by atoms with van der Waals surface area (Å²) in [7, 11) is 1.85. The molecule has 1 saturated heterocycles. The van der Waals surface area contributed by atoms with Crippen molar-refractivity contribution >= 4 is 5.96 Å². The lowest BCUT2D eigenvalue weighted by atomic mass is 9.93. The third-order valence-electron chi connectivity index (χ3n) is 5.70. The summed E-state index contributed by atoms with van der Waals surface area (Å²) in [5, 5.41) is 3.50. The largest absolute Gasteiger partial charge is 0.356 e. The molecule has 2 aromatic rings. The number of pyridine rings is 1. The molecule has 1 aliphatic heterocycles. The van der Waals surface area contributed by atoms with E-state index in [4.69, 9.17) is 0 Å². The van der Waals surface area contributed by atoms with Crippen LogP contribution < -0.4 is 10.9 Å². The summed E-state index contributed by atoms with van der Waals surface area (Å²) in [5.74, 6) is 1.58. The van der Waals surface area contributed by atoms with Crippen molar-refractivity contribution in [2.24, 2.45) is 10.9 Å². The van der Waals surface area contributed by atoms with Crippen molar-refractivity contribution in [2.45, 2.75) is 45.7 Å². The Morgan fingerprint density at radius 1 is 1.36 bits per heavy atom. The number of hydrogen-bond donors (Lipinski definition) is 1. The summed E-state index contributed by atoms with van der Waals surface area (Å²) in [6.07, 6.45) is 8.90. The number of aryl methyl sites for hydroxylation is 1. The molecule has 0 saturated carbocycles. The first-order chi connectivity index (χ1) is 13.6. The number of hydrogen-bond acceptors (Lipinski definition) is 3. The predicted octanol–water partition coefficient (Wildman–Crippen LogP) is 2.29. The van der Waals surface area contributed by atoms with Crippen molar-refractivity contribution in [3.05, 3.63) is 53.0 Å². The first-order valence-electron chi connectivity index (χ1n) is 10.2. The van der Waals surface area contributed by atoms with E-state index in [0.717, 1.165) is 57.1 Å². The van der Waals surface area contributed by atoms with Crippen LogP contribution in [0.4, 0.5) is 0 Å². The van der Waals surface area contributed by atoms with Crippen molar-refractivity contribution in [1.82, 2.24) is 24.3 Å². The van der Waals surface area contributed by atoms with Crippen molar-refractivity contribution < 1.29 is 0 Å². The van der Waals surface area contributed by atoms with Crippen LogP contribution in [0.5, 0.6) is 0 Å². The molecule has 2 aromatic heterocycles. The number of imidazole rings is 1. The number of piperidine rings is 1. The molecule has 0 aliphatic carbocycles. The van der Waals surface area contributed by atoms with E-state index in [9.17, 15) is 4.79 Å². The van der Waals surface area contributed by atoms with Crippen molar-refractivity contribution in [3.8, 4) is 0 Å². The molecule has 1 N–H and O–H groups in total. The Labute approximate surface area is 167 Å². The highest BCUT2D eigenvalue weighted by Crippen LogP contribution is 2.27. The van der Waals surface area contributed by atoms with Crippen LogP contribution in [-0.4, -0.2) is 51.7 Å². The number of nitrogens with one attached hydrogen (secondary N) is 1. The Morgan fingerprint density at radius 2 is 2.21 bits per heavy atom. The second-order valence-electron chi connectivity index (χ2n) is 7.63. The number of aromatic nitrogens is 3. The van der Waals surface area contributed by atoms with E-state index in [-0.39, 0.29) is 5.56 Å². The average Bonchev–Trinajstić information content (AvgIpc) is 3.22. The summed E-state index contributed by atoms with van der Waals surface area (Å²) in [4.78, 5) is 23.0. The van der Waals surface area contributed by atoms with Gasteiger partial charge in [-0.2, -0.15) is 0 Å². The fourth-order valence-electron chi connectivity index (χ4n) is 3.93. The molecule has 3 rings (SSSR count). The van der Waals surface area contributed by atoms with E-state index in [2.05, 4.69) is 31.7 Å². The Bertz CT molecular complexity index is 826. The zero-order valence-corrected chi connectivity index (χ0v) is 17.2. The molecule has 152 valence electrons. The topological polar surface area (TPSA) is 67.5 Å². The maximum Gasteiger partial charge on any atom is 0.250 e. The van der Waals surface area contributed by atoms with Gasteiger partial charge < -0.3 is 19.4 Å². The van der Waals surface area contributed by atoms with Crippen LogP contribution in [0.2, 0.25) is 0 Å². The normalized spacial score (nSPS) is 20.4. The molecule has 2 atom stereocenters. The van der Waals surface area contributed by atoms with Gasteiger partial charge in [-0.3, -0.25) is 9.79 Å². The number of rotatable bonds is 6. The van der Waals surface area contributed by atoms with Crippen molar-refractivity contribution in [3.63, 3.8) is 0 Å². The molecule has 28 heavy (non-hydrogen) atoms. The lowest BCUT2D eigenvalue weighted by Crippen LogP contribution is -2.49. The van der Waals surface area contributed by atoms with Gasteiger partial charge in [-0.15, -0.1) is 0 Å².